The number of quaternary nitrogens is 1. The summed E-state index contributed by atoms with van der Waals surface area (Å²) in [5, 5.41) is 3.50. The van der Waals surface area contributed by atoms with Crippen molar-refractivity contribution in [2.45, 2.75) is 85.6 Å². The molecule has 2 aliphatic rings. The lowest BCUT2D eigenvalue weighted by molar-refractivity contribution is -0.110. The molecule has 13 heteroatoms. The number of nitrogens with zero attached hydrogens (tertiary/aromatic N) is 4. The molecule has 1 saturated heterocycles. The fourth-order valence-electron chi connectivity index (χ4n) is 8.52. The van der Waals surface area contributed by atoms with Crippen LogP contribution in [0, 0.1) is 18.8 Å². The minimum Gasteiger partial charge on any atom is -0.495 e. The van der Waals surface area contributed by atoms with Gasteiger partial charge in [-0.25, -0.2) is 22.6 Å². The van der Waals surface area contributed by atoms with Crippen LogP contribution in [0.5, 0.6) is 5.75 Å². The Morgan fingerprint density at radius 3 is 2.45 bits per heavy atom. The van der Waals surface area contributed by atoms with Gasteiger partial charge in [0, 0.05) is 48.7 Å². The Morgan fingerprint density at radius 2 is 1.79 bits per heavy atom. The minimum atomic E-state index is -3.33. The Kier molecular flexibility index (Phi) is 13.8. The maximum Gasteiger partial charge on any atom is 0.288 e. The van der Waals surface area contributed by atoms with Gasteiger partial charge in [-0.3, -0.25) is 9.59 Å². The summed E-state index contributed by atoms with van der Waals surface area (Å²) in [6, 6.07) is 18.4. The number of carbonyl (C=O) groups excluding carboxylic acids is 2. The molecule has 0 aliphatic carbocycles. The van der Waals surface area contributed by atoms with Crippen LogP contribution in [0.3, 0.4) is 0 Å². The average molecular weight is 806 g/mol. The number of hydrogen-bond donors (Lipinski definition) is 2. The third-order valence-electron chi connectivity index (χ3n) is 11.5. The second-order valence-corrected chi connectivity index (χ2v) is 17.7. The molecule has 2 amide bonds. The molecule has 1 spiro atoms. The van der Waals surface area contributed by atoms with Crippen molar-refractivity contribution in [3.63, 3.8) is 0 Å². The van der Waals surface area contributed by atoms with Crippen LogP contribution in [-0.2, 0) is 14.8 Å². The Bertz CT molecular complexity index is 2110. The molecule has 3 aromatic carbocycles. The van der Waals surface area contributed by atoms with Gasteiger partial charge in [-0.05, 0) is 80.6 Å². The molecule has 1 fully saturated rings. The number of aryl methyl sites for hydroxylation is 1. The molecule has 3 aromatic rings. The van der Waals surface area contributed by atoms with Crippen LogP contribution in [0.25, 0.3) is 0 Å². The Morgan fingerprint density at radius 1 is 1.05 bits per heavy atom. The molecule has 2 aliphatic heterocycles. The van der Waals surface area contributed by atoms with Crippen molar-refractivity contribution in [1.82, 2.24) is 9.21 Å². The molecule has 0 saturated carbocycles. The van der Waals surface area contributed by atoms with Crippen molar-refractivity contribution < 1.29 is 22.7 Å². The predicted molar refractivity (Wildman–Crippen MR) is 231 cm³/mol. The monoisotopic (exact) mass is 805 g/mol. The lowest BCUT2D eigenvalue weighted by Crippen LogP contribution is -2.54. The summed E-state index contributed by atoms with van der Waals surface area (Å²) in [7, 11) is -1.78. The van der Waals surface area contributed by atoms with E-state index in [0.29, 0.717) is 59.1 Å². The maximum absolute atomic E-state index is 14.9. The van der Waals surface area contributed by atoms with Crippen LogP contribution in [0.1, 0.15) is 89.1 Å². The SMILES string of the molecule is CCCC(C)CCC1(C(C)CCC)C[N+]12C(C(=Nc1ccc(N(CC)CCNS(C)(=O)=O)cc1C)C(=O)Nc1ccccc1OC)=NC(=O)c1cc(Cl)ccc12. The summed E-state index contributed by atoms with van der Waals surface area (Å²) >= 11 is 6.52. The lowest BCUT2D eigenvalue weighted by Gasteiger charge is -2.34. The highest BCUT2D eigenvalue weighted by Crippen LogP contribution is 2.59. The number of carbonyl (C=O) groups is 2. The van der Waals surface area contributed by atoms with Gasteiger partial charge in [0.2, 0.25) is 15.7 Å². The number of anilines is 2. The highest BCUT2D eigenvalue weighted by atomic mass is 35.5. The number of amidine groups is 1. The zero-order valence-electron chi connectivity index (χ0n) is 34.1. The van der Waals surface area contributed by atoms with Crippen molar-refractivity contribution in [2.75, 3.05) is 49.8 Å². The number of ether oxygens (including phenoxy) is 1. The Balaban J connectivity index is 1.70. The second kappa shape index (κ2) is 18.0. The van der Waals surface area contributed by atoms with Gasteiger partial charge >= 0.3 is 0 Å². The Hall–Kier alpha value is -4.10. The van der Waals surface area contributed by atoms with E-state index in [9.17, 15) is 18.0 Å². The van der Waals surface area contributed by atoms with Crippen LogP contribution in [0.4, 0.5) is 22.7 Å². The molecule has 0 bridgehead atoms. The number of para-hydroxylation sites is 2. The number of methoxy groups -OCH3 is 1. The van der Waals surface area contributed by atoms with Crippen molar-refractivity contribution in [1.29, 1.82) is 0 Å². The van der Waals surface area contributed by atoms with E-state index in [1.807, 2.05) is 56.3 Å². The first-order chi connectivity index (χ1) is 26.6. The highest BCUT2D eigenvalue weighted by Gasteiger charge is 2.77. The lowest BCUT2D eigenvalue weighted by atomic mass is 9.82. The predicted octanol–water partition coefficient (Wildman–Crippen LogP) is 8.71. The number of halogens is 1. The fraction of sp³-hybridized carbons (Fsp3) is 0.488. The van der Waals surface area contributed by atoms with E-state index < -0.39 is 21.8 Å². The van der Waals surface area contributed by atoms with Crippen LogP contribution in [0.2, 0.25) is 5.02 Å². The van der Waals surface area contributed by atoms with Crippen LogP contribution in [-0.4, -0.2) is 76.9 Å². The van der Waals surface area contributed by atoms with E-state index >= 15 is 0 Å². The number of nitrogens with one attached hydrogen (secondary N) is 2. The van der Waals surface area contributed by atoms with Gasteiger partial charge in [0.05, 0.1) is 24.7 Å². The molecule has 2 heterocycles. The average Bonchev–Trinajstić information content (AvgIpc) is 3.83. The number of benzene rings is 3. The first-order valence-electron chi connectivity index (χ1n) is 19.8. The fourth-order valence-corrected chi connectivity index (χ4v) is 9.16. The molecule has 4 atom stereocenters. The second-order valence-electron chi connectivity index (χ2n) is 15.4. The summed E-state index contributed by atoms with van der Waals surface area (Å²) in [6.07, 6.45) is 7.23. The molecule has 5 rings (SSSR count). The van der Waals surface area contributed by atoms with Gasteiger partial charge in [0.15, 0.2) is 11.2 Å². The number of sulfonamides is 1. The van der Waals surface area contributed by atoms with Crippen molar-refractivity contribution in [2.24, 2.45) is 21.8 Å². The van der Waals surface area contributed by atoms with E-state index in [4.69, 9.17) is 26.3 Å². The normalized spacial score (nSPS) is 20.3. The van der Waals surface area contributed by atoms with Crippen LogP contribution < -0.4 is 24.2 Å². The maximum atomic E-state index is 14.9. The van der Waals surface area contributed by atoms with Gasteiger partial charge < -0.3 is 15.0 Å². The Labute approximate surface area is 338 Å². The molecular weight excluding hydrogens is 748 g/mol. The quantitative estimate of drug-likeness (QED) is 0.0709. The molecule has 4 unspecified atom stereocenters. The molecule has 56 heavy (non-hydrogen) atoms. The van der Waals surface area contributed by atoms with E-state index in [-0.39, 0.29) is 28.2 Å². The largest absolute Gasteiger partial charge is 0.495 e. The topological polar surface area (TPSA) is 130 Å². The van der Waals surface area contributed by atoms with Crippen LogP contribution in [0.15, 0.2) is 70.6 Å². The minimum absolute atomic E-state index is 0.0533. The molecule has 0 radical (unpaired) electrons. The molecular formula is C43H58ClN6O5S+. The summed E-state index contributed by atoms with van der Waals surface area (Å²) in [5.41, 5.74) is 3.65. The molecule has 11 nitrogen and oxygen atoms in total. The highest BCUT2D eigenvalue weighted by molar-refractivity contribution is 7.88. The third-order valence-corrected chi connectivity index (χ3v) is 12.5. The van der Waals surface area contributed by atoms with Gasteiger partial charge in [0.1, 0.15) is 17.9 Å². The van der Waals surface area contributed by atoms with Gasteiger partial charge in [-0.15, -0.1) is 0 Å². The first-order valence-corrected chi connectivity index (χ1v) is 22.1. The summed E-state index contributed by atoms with van der Waals surface area (Å²) in [5.74, 6) is 0.587. The molecule has 2 N–H and O–H groups in total. The summed E-state index contributed by atoms with van der Waals surface area (Å²) < 4.78 is 31.8. The van der Waals surface area contributed by atoms with E-state index in [1.165, 1.54) is 0 Å². The number of hydrogen-bond acceptors (Lipinski definition) is 7. The van der Waals surface area contributed by atoms with Crippen LogP contribution >= 0.6 is 11.6 Å². The third kappa shape index (κ3) is 9.04. The van der Waals surface area contributed by atoms with Crippen molar-refractivity contribution in [3.05, 3.63) is 76.8 Å². The van der Waals surface area contributed by atoms with Crippen molar-refractivity contribution >= 4 is 67.7 Å². The van der Waals surface area contributed by atoms with E-state index in [2.05, 4.69) is 42.6 Å². The molecule has 0 aromatic heterocycles. The molecule has 302 valence electrons. The number of fused-ring (bicyclic) bond motifs is 2. The summed E-state index contributed by atoms with van der Waals surface area (Å²) in [6.45, 7) is 15.0. The number of aliphatic imine (C=N–C) groups is 2. The standard InChI is InChI=1S/C43H57ClN6O5S/c1-9-14-29(4)22-23-43(31(6)15-10-2)28-50(43)37-21-18-32(44)27-34(37)41(51)48-40(50)39(42(52)47-36-16-12-13-17-38(36)55-7)46-35-20-19-33(26-30(35)5)49(11-3)25-24-45-56(8,53)54/h12-13,16-21,26-27,29,31,45H,9-11,14-15,22-25,28H2,1-8H3/p+1. The zero-order chi connectivity index (χ0) is 40.8. The zero-order valence-corrected chi connectivity index (χ0v) is 35.7. The van der Waals surface area contributed by atoms with E-state index in [1.54, 1.807) is 25.3 Å². The van der Waals surface area contributed by atoms with E-state index in [0.717, 1.165) is 61.7 Å². The van der Waals surface area contributed by atoms with Gasteiger partial charge in [0.25, 0.3) is 17.6 Å². The number of rotatable bonds is 19. The van der Waals surface area contributed by atoms with Crippen molar-refractivity contribution in [3.8, 4) is 5.75 Å². The summed E-state index contributed by atoms with van der Waals surface area (Å²) in [4.78, 5) is 41.0. The van der Waals surface area contributed by atoms with Gasteiger partial charge in [-0.1, -0.05) is 70.7 Å². The van der Waals surface area contributed by atoms with Gasteiger partial charge in [-0.2, -0.15) is 4.99 Å². The first kappa shape index (κ1) is 43.0. The number of amides is 2. The number of likely N-dealkylation sites (N-methyl/N-ethyl adjacent to an activating group) is 1. The smallest absolute Gasteiger partial charge is 0.288 e.